The summed E-state index contributed by atoms with van der Waals surface area (Å²) >= 11 is 0. The number of carbonyl (C=O) groups excluding carboxylic acids is 1. The van der Waals surface area contributed by atoms with Gasteiger partial charge in [0.1, 0.15) is 5.78 Å². The molecule has 0 unspecified atom stereocenters. The molecule has 0 aromatic heterocycles. The summed E-state index contributed by atoms with van der Waals surface area (Å²) < 4.78 is 0. The maximum absolute atomic E-state index is 12.1. The van der Waals surface area contributed by atoms with Gasteiger partial charge >= 0.3 is 0 Å². The fourth-order valence-electron chi connectivity index (χ4n) is 7.21. The predicted molar refractivity (Wildman–Crippen MR) is 90.5 cm³/mol. The molecule has 0 amide bonds. The normalized spacial score (nSPS) is 49.9. The molecule has 5 atom stereocenters. The molecule has 3 fully saturated rings. The minimum Gasteiger partial charge on any atom is -0.300 e. The monoisotopic (exact) mass is 300 g/mol. The molecular weight excluding hydrogens is 268 g/mol. The second kappa shape index (κ2) is 4.48. The van der Waals surface area contributed by atoms with E-state index in [9.17, 15) is 4.79 Å². The van der Waals surface area contributed by atoms with E-state index in [2.05, 4.69) is 33.8 Å². The Morgan fingerprint density at radius 3 is 2.59 bits per heavy atom. The molecule has 0 radical (unpaired) electrons. The number of ketones is 1. The number of allylic oxidation sites excluding steroid dienone is 2. The molecule has 3 saturated carbocycles. The molecule has 4 aliphatic rings. The standard InChI is InChI=1S/C21H32O/c1-19(2)9-5-10-21(4)16-8-11-20(3)13-14(22)12-17(20)15(16)6-7-18(19)21/h6,16-18H,5,7-13H2,1-4H3/t16-,17-,18-,20+,21+/m0/s1. The number of fused-ring (bicyclic) bond motifs is 5. The fourth-order valence-corrected chi connectivity index (χ4v) is 7.21. The van der Waals surface area contributed by atoms with Crippen molar-refractivity contribution < 1.29 is 4.79 Å². The molecule has 1 nitrogen and oxygen atoms in total. The number of hydrogen-bond donors (Lipinski definition) is 0. The van der Waals surface area contributed by atoms with Crippen molar-refractivity contribution in [2.75, 3.05) is 0 Å². The lowest BCUT2D eigenvalue weighted by Crippen LogP contribution is -2.51. The van der Waals surface area contributed by atoms with E-state index in [1.165, 1.54) is 38.5 Å². The Morgan fingerprint density at radius 2 is 1.82 bits per heavy atom. The molecule has 0 aromatic rings. The molecule has 0 N–H and O–H groups in total. The van der Waals surface area contributed by atoms with Crippen LogP contribution in [0.3, 0.4) is 0 Å². The van der Waals surface area contributed by atoms with Crippen molar-refractivity contribution in [1.29, 1.82) is 0 Å². The second-order valence-corrected chi connectivity index (χ2v) is 10.1. The Bertz CT molecular complexity index is 542. The first-order chi connectivity index (χ1) is 10.3. The molecular formula is C21H32O. The minimum atomic E-state index is 0.285. The summed E-state index contributed by atoms with van der Waals surface area (Å²) in [7, 11) is 0. The number of rotatable bonds is 0. The maximum Gasteiger partial charge on any atom is 0.134 e. The maximum atomic E-state index is 12.1. The molecule has 4 aliphatic carbocycles. The zero-order valence-electron chi connectivity index (χ0n) is 14.9. The van der Waals surface area contributed by atoms with E-state index in [1.54, 1.807) is 5.57 Å². The first-order valence-corrected chi connectivity index (χ1v) is 9.48. The van der Waals surface area contributed by atoms with Crippen molar-refractivity contribution in [3.05, 3.63) is 11.6 Å². The Labute approximate surface area is 135 Å². The summed E-state index contributed by atoms with van der Waals surface area (Å²) in [4.78, 5) is 12.1. The third-order valence-electron chi connectivity index (χ3n) is 8.34. The third kappa shape index (κ3) is 1.86. The van der Waals surface area contributed by atoms with E-state index in [1.807, 2.05) is 0 Å². The molecule has 0 spiro atoms. The topological polar surface area (TPSA) is 17.1 Å². The van der Waals surface area contributed by atoms with Crippen LogP contribution in [0.4, 0.5) is 0 Å². The van der Waals surface area contributed by atoms with Gasteiger partial charge in [0, 0.05) is 12.8 Å². The SMILES string of the molecule is CC1(C)CCC[C@]2(C)[C@H]3CC[C@]4(C)CC(=O)C[C@H]4C3=CC[C@@H]12. The summed E-state index contributed by atoms with van der Waals surface area (Å²) in [5.41, 5.74) is 2.96. The van der Waals surface area contributed by atoms with Gasteiger partial charge in [-0.25, -0.2) is 0 Å². The summed E-state index contributed by atoms with van der Waals surface area (Å²) in [6.45, 7) is 9.98. The lowest BCUT2D eigenvalue weighted by molar-refractivity contribution is -0.118. The van der Waals surface area contributed by atoms with Gasteiger partial charge in [0.15, 0.2) is 0 Å². The molecule has 122 valence electrons. The van der Waals surface area contributed by atoms with Crippen molar-refractivity contribution in [3.8, 4) is 0 Å². The van der Waals surface area contributed by atoms with E-state index >= 15 is 0 Å². The van der Waals surface area contributed by atoms with Gasteiger partial charge in [-0.05, 0) is 66.1 Å². The van der Waals surface area contributed by atoms with Crippen LogP contribution in [-0.4, -0.2) is 5.78 Å². The summed E-state index contributed by atoms with van der Waals surface area (Å²) in [6, 6.07) is 0. The van der Waals surface area contributed by atoms with E-state index in [0.29, 0.717) is 22.5 Å². The van der Waals surface area contributed by atoms with Crippen LogP contribution in [0.15, 0.2) is 11.6 Å². The quantitative estimate of drug-likeness (QED) is 0.536. The second-order valence-electron chi connectivity index (χ2n) is 10.1. The highest BCUT2D eigenvalue weighted by Gasteiger charge is 2.58. The van der Waals surface area contributed by atoms with Gasteiger partial charge in [-0.15, -0.1) is 0 Å². The van der Waals surface area contributed by atoms with E-state index in [-0.39, 0.29) is 5.41 Å². The average molecular weight is 300 g/mol. The van der Waals surface area contributed by atoms with Crippen LogP contribution >= 0.6 is 0 Å². The highest BCUT2D eigenvalue weighted by atomic mass is 16.1. The highest BCUT2D eigenvalue weighted by Crippen LogP contribution is 2.66. The molecule has 0 aromatic carbocycles. The Hall–Kier alpha value is -0.590. The van der Waals surface area contributed by atoms with Gasteiger partial charge in [0.05, 0.1) is 0 Å². The Kier molecular flexibility index (Phi) is 3.05. The lowest BCUT2D eigenvalue weighted by Gasteiger charge is -2.60. The van der Waals surface area contributed by atoms with Gasteiger partial charge in [0.25, 0.3) is 0 Å². The zero-order chi connectivity index (χ0) is 15.8. The van der Waals surface area contributed by atoms with Crippen molar-refractivity contribution in [2.45, 2.75) is 79.1 Å². The smallest absolute Gasteiger partial charge is 0.134 e. The van der Waals surface area contributed by atoms with Crippen LogP contribution in [0.25, 0.3) is 0 Å². The van der Waals surface area contributed by atoms with E-state index < -0.39 is 0 Å². The van der Waals surface area contributed by atoms with Crippen LogP contribution in [0.2, 0.25) is 0 Å². The van der Waals surface area contributed by atoms with Crippen LogP contribution < -0.4 is 0 Å². The van der Waals surface area contributed by atoms with Gasteiger partial charge < -0.3 is 0 Å². The number of Topliss-reactive ketones (excluding diaryl/α,β-unsaturated/α-hetero) is 1. The van der Waals surface area contributed by atoms with Crippen molar-refractivity contribution in [2.24, 2.45) is 34.0 Å². The molecule has 0 bridgehead atoms. The van der Waals surface area contributed by atoms with Crippen molar-refractivity contribution >= 4 is 5.78 Å². The third-order valence-corrected chi connectivity index (χ3v) is 8.34. The molecule has 22 heavy (non-hydrogen) atoms. The minimum absolute atomic E-state index is 0.285. The Morgan fingerprint density at radius 1 is 1.05 bits per heavy atom. The van der Waals surface area contributed by atoms with E-state index in [4.69, 9.17) is 0 Å². The van der Waals surface area contributed by atoms with Crippen LogP contribution in [0, 0.1) is 34.0 Å². The number of hydrogen-bond acceptors (Lipinski definition) is 1. The molecule has 4 rings (SSSR count). The van der Waals surface area contributed by atoms with Gasteiger partial charge in [-0.2, -0.15) is 0 Å². The van der Waals surface area contributed by atoms with Crippen LogP contribution in [-0.2, 0) is 4.79 Å². The lowest BCUT2D eigenvalue weighted by atomic mass is 9.44. The van der Waals surface area contributed by atoms with Crippen molar-refractivity contribution in [1.82, 2.24) is 0 Å². The predicted octanol–water partition coefficient (Wildman–Crippen LogP) is 5.54. The first kappa shape index (κ1) is 15.0. The molecule has 0 saturated heterocycles. The summed E-state index contributed by atoms with van der Waals surface area (Å²) in [5, 5.41) is 0. The number of carbonyl (C=O) groups is 1. The highest BCUT2D eigenvalue weighted by molar-refractivity contribution is 5.82. The van der Waals surface area contributed by atoms with Crippen molar-refractivity contribution in [3.63, 3.8) is 0 Å². The van der Waals surface area contributed by atoms with Gasteiger partial charge in [0.2, 0.25) is 0 Å². The first-order valence-electron chi connectivity index (χ1n) is 9.48. The summed E-state index contributed by atoms with van der Waals surface area (Å²) in [5.74, 6) is 2.69. The Balaban J connectivity index is 1.74. The average Bonchev–Trinajstić information content (AvgIpc) is 2.72. The zero-order valence-corrected chi connectivity index (χ0v) is 14.9. The largest absolute Gasteiger partial charge is 0.300 e. The van der Waals surface area contributed by atoms with E-state index in [0.717, 1.165) is 24.7 Å². The summed E-state index contributed by atoms with van der Waals surface area (Å²) in [6.07, 6.45) is 12.3. The molecule has 0 heterocycles. The van der Waals surface area contributed by atoms with Crippen LogP contribution in [0.1, 0.15) is 79.1 Å². The molecule has 0 aliphatic heterocycles. The fraction of sp³-hybridized carbons (Fsp3) is 0.857. The van der Waals surface area contributed by atoms with Crippen LogP contribution in [0.5, 0.6) is 0 Å². The van der Waals surface area contributed by atoms with Gasteiger partial charge in [-0.3, -0.25) is 4.79 Å². The van der Waals surface area contributed by atoms with Gasteiger partial charge in [-0.1, -0.05) is 45.8 Å². The molecule has 1 heteroatoms.